The minimum absolute atomic E-state index is 0.277. The maximum atomic E-state index is 13.3. The van der Waals surface area contributed by atoms with Crippen molar-refractivity contribution in [3.05, 3.63) is 42.5 Å². The molecule has 1 N–H and O–H groups in total. The van der Waals surface area contributed by atoms with Crippen LogP contribution >= 0.6 is 0 Å². The smallest absolute Gasteiger partial charge is 0.148 e. The Morgan fingerprint density at radius 1 is 1.43 bits per heavy atom. The minimum atomic E-state index is -0.277. The first-order valence-corrected chi connectivity index (χ1v) is 4.28. The van der Waals surface area contributed by atoms with Gasteiger partial charge in [-0.2, -0.15) is 5.10 Å². The summed E-state index contributed by atoms with van der Waals surface area (Å²) in [5.41, 5.74) is 1.20. The summed E-state index contributed by atoms with van der Waals surface area (Å²) in [6.07, 6.45) is 3.43. The van der Waals surface area contributed by atoms with Gasteiger partial charge < -0.3 is 5.32 Å². The highest BCUT2D eigenvalue weighted by atomic mass is 19.1. The van der Waals surface area contributed by atoms with Gasteiger partial charge in [-0.1, -0.05) is 0 Å². The molecule has 0 aliphatic carbocycles. The predicted molar refractivity (Wildman–Crippen MR) is 53.1 cm³/mol. The van der Waals surface area contributed by atoms with Crippen LogP contribution in [0.4, 0.5) is 10.1 Å². The van der Waals surface area contributed by atoms with Crippen LogP contribution in [-0.2, 0) is 0 Å². The molecule has 2 aromatic rings. The Labute approximate surface area is 81.2 Å². The first kappa shape index (κ1) is 8.74. The van der Waals surface area contributed by atoms with Gasteiger partial charge in [-0.3, -0.25) is 0 Å². The molecule has 0 saturated heterocycles. The van der Waals surface area contributed by atoms with Crippen molar-refractivity contribution in [2.45, 2.75) is 0 Å². The zero-order chi connectivity index (χ0) is 9.97. The topological polar surface area (TPSA) is 29.9 Å². The van der Waals surface area contributed by atoms with Gasteiger partial charge in [0.05, 0.1) is 11.4 Å². The van der Waals surface area contributed by atoms with Crippen molar-refractivity contribution in [2.24, 2.45) is 0 Å². The van der Waals surface area contributed by atoms with E-state index in [0.717, 1.165) is 0 Å². The zero-order valence-electron chi connectivity index (χ0n) is 7.74. The fourth-order valence-electron chi connectivity index (χ4n) is 1.27. The molecule has 1 aromatic carbocycles. The van der Waals surface area contributed by atoms with Crippen LogP contribution in [0.5, 0.6) is 0 Å². The second kappa shape index (κ2) is 3.49. The molecule has 14 heavy (non-hydrogen) atoms. The van der Waals surface area contributed by atoms with Crippen LogP contribution in [0.3, 0.4) is 0 Å². The fourth-order valence-corrected chi connectivity index (χ4v) is 1.27. The van der Waals surface area contributed by atoms with E-state index >= 15 is 0 Å². The maximum Gasteiger partial charge on any atom is 0.148 e. The van der Waals surface area contributed by atoms with Crippen molar-refractivity contribution in [3.8, 4) is 5.69 Å². The first-order valence-electron chi connectivity index (χ1n) is 4.28. The number of anilines is 1. The lowest BCUT2D eigenvalue weighted by molar-refractivity contribution is 0.629. The van der Waals surface area contributed by atoms with Gasteiger partial charge in [0.25, 0.3) is 0 Å². The van der Waals surface area contributed by atoms with Crippen molar-refractivity contribution in [1.29, 1.82) is 0 Å². The lowest BCUT2D eigenvalue weighted by Gasteiger charge is -2.05. The quantitative estimate of drug-likeness (QED) is 0.787. The summed E-state index contributed by atoms with van der Waals surface area (Å²) in [6, 6.07) is 6.73. The highest BCUT2D eigenvalue weighted by Crippen LogP contribution is 2.16. The van der Waals surface area contributed by atoms with Crippen LogP contribution in [0, 0.1) is 5.82 Å². The normalized spacial score (nSPS) is 10.1. The van der Waals surface area contributed by atoms with Crippen LogP contribution < -0.4 is 5.32 Å². The third kappa shape index (κ3) is 1.46. The maximum absolute atomic E-state index is 13.3. The molecule has 0 spiro atoms. The number of benzene rings is 1. The van der Waals surface area contributed by atoms with Crippen molar-refractivity contribution in [1.82, 2.24) is 9.78 Å². The summed E-state index contributed by atoms with van der Waals surface area (Å²) < 4.78 is 15.0. The molecule has 3 nitrogen and oxygen atoms in total. The molecule has 0 atom stereocenters. The van der Waals surface area contributed by atoms with Crippen molar-refractivity contribution < 1.29 is 4.39 Å². The molecular formula is C10H10FN3. The van der Waals surface area contributed by atoms with Crippen molar-refractivity contribution in [2.75, 3.05) is 12.4 Å². The van der Waals surface area contributed by atoms with Crippen LogP contribution in [0.2, 0.25) is 0 Å². The van der Waals surface area contributed by atoms with E-state index in [4.69, 9.17) is 0 Å². The minimum Gasteiger partial charge on any atom is -0.386 e. The molecule has 4 heteroatoms. The van der Waals surface area contributed by atoms with E-state index in [1.807, 2.05) is 6.07 Å². The second-order valence-corrected chi connectivity index (χ2v) is 2.86. The third-order valence-electron chi connectivity index (χ3n) is 1.99. The number of nitrogens with zero attached hydrogens (tertiary/aromatic N) is 2. The van der Waals surface area contributed by atoms with Gasteiger partial charge in [0, 0.05) is 25.5 Å². The molecule has 0 saturated carbocycles. The fraction of sp³-hybridized carbons (Fsp3) is 0.100. The van der Waals surface area contributed by atoms with Gasteiger partial charge in [0.15, 0.2) is 0 Å². The second-order valence-electron chi connectivity index (χ2n) is 2.86. The summed E-state index contributed by atoms with van der Waals surface area (Å²) in [5.74, 6) is -0.277. The van der Waals surface area contributed by atoms with Crippen LogP contribution in [0.25, 0.3) is 5.69 Å². The highest BCUT2D eigenvalue weighted by molar-refractivity contribution is 5.49. The molecule has 0 amide bonds. The molecule has 0 bridgehead atoms. The Morgan fingerprint density at radius 3 is 2.86 bits per heavy atom. The largest absolute Gasteiger partial charge is 0.386 e. The van der Waals surface area contributed by atoms with E-state index in [1.54, 1.807) is 36.3 Å². The molecule has 0 aliphatic rings. The van der Waals surface area contributed by atoms with E-state index in [0.29, 0.717) is 11.4 Å². The molecule has 1 heterocycles. The van der Waals surface area contributed by atoms with Crippen molar-refractivity contribution in [3.63, 3.8) is 0 Å². The number of halogens is 1. The number of hydrogen-bond donors (Lipinski definition) is 1. The number of rotatable bonds is 2. The van der Waals surface area contributed by atoms with E-state index in [1.165, 1.54) is 6.07 Å². The van der Waals surface area contributed by atoms with Gasteiger partial charge in [0.1, 0.15) is 5.82 Å². The predicted octanol–water partition coefficient (Wildman–Crippen LogP) is 2.05. The Bertz CT molecular complexity index is 423. The molecule has 1 aromatic heterocycles. The van der Waals surface area contributed by atoms with Gasteiger partial charge in [-0.25, -0.2) is 9.07 Å². The molecule has 0 unspecified atom stereocenters. The molecule has 72 valence electrons. The average molecular weight is 191 g/mol. The highest BCUT2D eigenvalue weighted by Gasteiger charge is 2.02. The monoisotopic (exact) mass is 191 g/mol. The third-order valence-corrected chi connectivity index (χ3v) is 1.99. The lowest BCUT2D eigenvalue weighted by Crippen LogP contribution is -1.97. The number of hydrogen-bond acceptors (Lipinski definition) is 2. The van der Waals surface area contributed by atoms with Gasteiger partial charge in [-0.15, -0.1) is 0 Å². The van der Waals surface area contributed by atoms with Gasteiger partial charge in [-0.05, 0) is 18.2 Å². The zero-order valence-corrected chi connectivity index (χ0v) is 7.74. The van der Waals surface area contributed by atoms with E-state index in [9.17, 15) is 4.39 Å². The molecule has 0 radical (unpaired) electrons. The summed E-state index contributed by atoms with van der Waals surface area (Å²) in [4.78, 5) is 0. The Kier molecular flexibility index (Phi) is 2.18. The number of aromatic nitrogens is 2. The van der Waals surface area contributed by atoms with Crippen LogP contribution in [-0.4, -0.2) is 16.8 Å². The van der Waals surface area contributed by atoms with Crippen LogP contribution in [0.1, 0.15) is 0 Å². The van der Waals surface area contributed by atoms with Gasteiger partial charge in [0.2, 0.25) is 0 Å². The Hall–Kier alpha value is -1.84. The van der Waals surface area contributed by atoms with E-state index in [2.05, 4.69) is 10.4 Å². The first-order chi connectivity index (χ1) is 6.81. The standard InChI is InChI=1S/C10H10FN3/c1-12-10-4-3-8(7-9(10)11)14-6-2-5-13-14/h2-7,12H,1H3. The average Bonchev–Trinajstić information content (AvgIpc) is 2.70. The Balaban J connectivity index is 2.43. The lowest BCUT2D eigenvalue weighted by atomic mass is 10.2. The molecule has 2 rings (SSSR count). The van der Waals surface area contributed by atoms with E-state index < -0.39 is 0 Å². The number of nitrogens with one attached hydrogen (secondary N) is 1. The molecule has 0 aliphatic heterocycles. The van der Waals surface area contributed by atoms with Gasteiger partial charge >= 0.3 is 0 Å². The molecule has 0 fully saturated rings. The summed E-state index contributed by atoms with van der Waals surface area (Å²) in [7, 11) is 1.69. The SMILES string of the molecule is CNc1ccc(-n2cccn2)cc1F. The van der Waals surface area contributed by atoms with E-state index in [-0.39, 0.29) is 5.82 Å². The summed E-state index contributed by atoms with van der Waals surface area (Å²) >= 11 is 0. The van der Waals surface area contributed by atoms with Crippen molar-refractivity contribution >= 4 is 5.69 Å². The Morgan fingerprint density at radius 2 is 2.29 bits per heavy atom. The summed E-state index contributed by atoms with van der Waals surface area (Å²) in [6.45, 7) is 0. The molecular weight excluding hydrogens is 181 g/mol. The van der Waals surface area contributed by atoms with Crippen LogP contribution in [0.15, 0.2) is 36.7 Å². The summed E-state index contributed by atoms with van der Waals surface area (Å²) in [5, 5.41) is 6.78.